The Morgan fingerprint density at radius 2 is 1.65 bits per heavy atom. The van der Waals surface area contributed by atoms with Crippen LogP contribution in [0.2, 0.25) is 0 Å². The van der Waals surface area contributed by atoms with Crippen LogP contribution in [0.4, 0.5) is 5.69 Å². The largest absolute Gasteiger partial charge is 0.355 e. The molecule has 3 aromatic carbocycles. The van der Waals surface area contributed by atoms with Crippen LogP contribution in [0.5, 0.6) is 0 Å². The first kappa shape index (κ1) is 25.7. The van der Waals surface area contributed by atoms with E-state index in [0.29, 0.717) is 12.2 Å². The molecule has 7 nitrogen and oxygen atoms in total. The Morgan fingerprint density at radius 3 is 2.29 bits per heavy atom. The fourth-order valence-electron chi connectivity index (χ4n) is 3.71. The maximum Gasteiger partial charge on any atom is 0.244 e. The molecule has 0 spiro atoms. The molecular weight excluding hydrogens is 518 g/mol. The molecule has 0 saturated heterocycles. The van der Waals surface area contributed by atoms with Crippen LogP contribution in [0, 0.1) is 0 Å². The van der Waals surface area contributed by atoms with Crippen molar-refractivity contribution in [3.8, 4) is 0 Å². The summed E-state index contributed by atoms with van der Waals surface area (Å²) >= 11 is 3.40. The normalized spacial score (nSPS) is 12.2. The van der Waals surface area contributed by atoms with Gasteiger partial charge in [0.05, 0.1) is 11.9 Å². The van der Waals surface area contributed by atoms with E-state index in [1.807, 2.05) is 54.6 Å². The zero-order valence-corrected chi connectivity index (χ0v) is 21.8. The predicted molar refractivity (Wildman–Crippen MR) is 139 cm³/mol. The second kappa shape index (κ2) is 11.0. The Labute approximate surface area is 208 Å². The van der Waals surface area contributed by atoms with Crippen LogP contribution in [0.3, 0.4) is 0 Å². The molecular formula is C25H28BrN3O4S. The number of nitrogens with zero attached hydrogens (tertiary/aromatic N) is 2. The zero-order chi connectivity index (χ0) is 24.9. The van der Waals surface area contributed by atoms with Gasteiger partial charge >= 0.3 is 0 Å². The molecule has 0 aliphatic rings. The average molecular weight is 546 g/mol. The molecule has 1 N–H and O–H groups in total. The molecule has 0 heterocycles. The van der Waals surface area contributed by atoms with Crippen LogP contribution in [-0.2, 0) is 26.2 Å². The molecule has 3 rings (SSSR count). The molecule has 1 atom stereocenters. The van der Waals surface area contributed by atoms with Gasteiger partial charge in [0.2, 0.25) is 21.8 Å². The predicted octanol–water partition coefficient (Wildman–Crippen LogP) is 3.92. The lowest BCUT2D eigenvalue weighted by atomic mass is 10.1. The summed E-state index contributed by atoms with van der Waals surface area (Å²) in [5, 5.41) is 4.33. The molecule has 3 aromatic rings. The van der Waals surface area contributed by atoms with E-state index in [9.17, 15) is 18.0 Å². The summed E-state index contributed by atoms with van der Waals surface area (Å²) in [6.07, 6.45) is 1.08. The summed E-state index contributed by atoms with van der Waals surface area (Å²) in [5.41, 5.74) is 1.24. The minimum absolute atomic E-state index is 0.164. The standard InChI is InChI=1S/C25H28BrN3O4S/c1-4-27-25(31)18(2)28(16-19-12-14-21(26)15-13-19)24(30)17-29(34(3,32)33)23-11-7-9-20-8-5-6-10-22(20)23/h5-15,18H,4,16-17H2,1-3H3,(H,27,31). The Morgan fingerprint density at radius 1 is 1.00 bits per heavy atom. The number of nitrogens with one attached hydrogen (secondary N) is 1. The lowest BCUT2D eigenvalue weighted by molar-refractivity contribution is -0.139. The Balaban J connectivity index is 1.98. The number of benzene rings is 3. The minimum Gasteiger partial charge on any atom is -0.355 e. The highest BCUT2D eigenvalue weighted by Crippen LogP contribution is 2.28. The SMILES string of the molecule is CCNC(=O)C(C)N(Cc1ccc(Br)cc1)C(=O)CN(c1cccc2ccccc12)S(C)(=O)=O. The summed E-state index contributed by atoms with van der Waals surface area (Å²) in [4.78, 5) is 27.6. The van der Waals surface area contributed by atoms with Gasteiger partial charge in [0.15, 0.2) is 0 Å². The average Bonchev–Trinajstić information content (AvgIpc) is 2.80. The molecule has 0 radical (unpaired) electrons. The van der Waals surface area contributed by atoms with Gasteiger partial charge in [0.1, 0.15) is 12.6 Å². The first-order valence-electron chi connectivity index (χ1n) is 10.9. The molecule has 0 bridgehead atoms. The molecule has 0 aliphatic carbocycles. The van der Waals surface area contributed by atoms with E-state index in [-0.39, 0.29) is 12.5 Å². The van der Waals surface area contributed by atoms with Crippen molar-refractivity contribution in [2.45, 2.75) is 26.4 Å². The maximum absolute atomic E-state index is 13.6. The van der Waals surface area contributed by atoms with Gasteiger partial charge in [-0.1, -0.05) is 64.5 Å². The first-order chi connectivity index (χ1) is 16.1. The fraction of sp³-hybridized carbons (Fsp3) is 0.280. The van der Waals surface area contributed by atoms with Gasteiger partial charge in [0, 0.05) is 22.9 Å². The topological polar surface area (TPSA) is 86.8 Å². The first-order valence-corrected chi connectivity index (χ1v) is 13.5. The number of fused-ring (bicyclic) bond motifs is 1. The van der Waals surface area contributed by atoms with Crippen molar-refractivity contribution in [3.63, 3.8) is 0 Å². The van der Waals surface area contributed by atoms with Gasteiger partial charge in [-0.05, 0) is 43.0 Å². The van der Waals surface area contributed by atoms with Gasteiger partial charge in [-0.15, -0.1) is 0 Å². The van der Waals surface area contributed by atoms with Gasteiger partial charge < -0.3 is 10.2 Å². The van der Waals surface area contributed by atoms with Crippen molar-refractivity contribution in [2.75, 3.05) is 23.7 Å². The Kier molecular flexibility index (Phi) is 8.33. The number of sulfonamides is 1. The van der Waals surface area contributed by atoms with Crippen LogP contribution in [0.25, 0.3) is 10.8 Å². The number of halogens is 1. The number of likely N-dealkylation sites (N-methyl/N-ethyl adjacent to an activating group) is 1. The zero-order valence-electron chi connectivity index (χ0n) is 19.4. The highest BCUT2D eigenvalue weighted by Gasteiger charge is 2.30. The van der Waals surface area contributed by atoms with E-state index in [1.54, 1.807) is 26.0 Å². The summed E-state index contributed by atoms with van der Waals surface area (Å²) in [6.45, 7) is 3.61. The van der Waals surface area contributed by atoms with Crippen LogP contribution in [-0.4, -0.2) is 50.5 Å². The van der Waals surface area contributed by atoms with E-state index in [2.05, 4.69) is 21.2 Å². The van der Waals surface area contributed by atoms with E-state index in [0.717, 1.165) is 31.4 Å². The lowest BCUT2D eigenvalue weighted by Crippen LogP contribution is -2.51. The van der Waals surface area contributed by atoms with Crippen molar-refractivity contribution in [2.24, 2.45) is 0 Å². The molecule has 9 heteroatoms. The molecule has 0 saturated carbocycles. The van der Waals surface area contributed by atoms with Crippen molar-refractivity contribution < 1.29 is 18.0 Å². The van der Waals surface area contributed by atoms with Crippen LogP contribution < -0.4 is 9.62 Å². The van der Waals surface area contributed by atoms with Crippen LogP contribution in [0.1, 0.15) is 19.4 Å². The van der Waals surface area contributed by atoms with Gasteiger partial charge in [-0.2, -0.15) is 0 Å². The summed E-state index contributed by atoms with van der Waals surface area (Å²) < 4.78 is 27.6. The van der Waals surface area contributed by atoms with Crippen LogP contribution in [0.15, 0.2) is 71.2 Å². The highest BCUT2D eigenvalue weighted by molar-refractivity contribution is 9.10. The summed E-state index contributed by atoms with van der Waals surface area (Å²) in [6, 6.07) is 19.4. The third kappa shape index (κ3) is 6.15. The van der Waals surface area contributed by atoms with E-state index < -0.39 is 28.5 Å². The maximum atomic E-state index is 13.6. The third-order valence-electron chi connectivity index (χ3n) is 5.50. The highest BCUT2D eigenvalue weighted by atomic mass is 79.9. The van der Waals surface area contributed by atoms with Crippen LogP contribution >= 0.6 is 15.9 Å². The summed E-state index contributed by atoms with van der Waals surface area (Å²) in [5.74, 6) is -0.774. The monoisotopic (exact) mass is 545 g/mol. The number of amides is 2. The van der Waals surface area contributed by atoms with Crippen molar-refractivity contribution in [1.29, 1.82) is 0 Å². The molecule has 34 heavy (non-hydrogen) atoms. The van der Waals surface area contributed by atoms with Gasteiger partial charge in [0.25, 0.3) is 0 Å². The Bertz CT molecular complexity index is 1270. The van der Waals surface area contributed by atoms with E-state index in [1.165, 1.54) is 4.90 Å². The molecule has 0 aromatic heterocycles. The fourth-order valence-corrected chi connectivity index (χ4v) is 4.84. The quantitative estimate of drug-likeness (QED) is 0.441. The van der Waals surface area contributed by atoms with Crippen molar-refractivity contribution in [3.05, 3.63) is 76.8 Å². The van der Waals surface area contributed by atoms with Gasteiger partial charge in [-0.25, -0.2) is 8.42 Å². The van der Waals surface area contributed by atoms with Crippen molar-refractivity contribution in [1.82, 2.24) is 10.2 Å². The van der Waals surface area contributed by atoms with E-state index >= 15 is 0 Å². The number of hydrogen-bond acceptors (Lipinski definition) is 4. The molecule has 1 unspecified atom stereocenters. The summed E-state index contributed by atoms with van der Waals surface area (Å²) in [7, 11) is -3.79. The third-order valence-corrected chi connectivity index (χ3v) is 7.15. The molecule has 2 amide bonds. The molecule has 0 aliphatic heterocycles. The Hall–Kier alpha value is -2.91. The van der Waals surface area contributed by atoms with Gasteiger partial charge in [-0.3, -0.25) is 13.9 Å². The minimum atomic E-state index is -3.79. The smallest absolute Gasteiger partial charge is 0.244 e. The second-order valence-corrected chi connectivity index (χ2v) is 10.8. The number of carbonyl (C=O) groups is 2. The lowest BCUT2D eigenvalue weighted by Gasteiger charge is -2.31. The number of rotatable bonds is 9. The molecule has 0 fully saturated rings. The number of anilines is 1. The van der Waals surface area contributed by atoms with Crippen molar-refractivity contribution >= 4 is 54.2 Å². The molecule has 180 valence electrons. The van der Waals surface area contributed by atoms with E-state index in [4.69, 9.17) is 0 Å². The number of hydrogen-bond donors (Lipinski definition) is 1. The number of carbonyl (C=O) groups excluding carboxylic acids is 2. The second-order valence-electron chi connectivity index (χ2n) is 7.99.